The van der Waals surface area contributed by atoms with Gasteiger partial charge in [-0.1, -0.05) is 0 Å². The van der Waals surface area contributed by atoms with Gasteiger partial charge < -0.3 is 85.5 Å². The highest BCUT2D eigenvalue weighted by molar-refractivity contribution is 5.81. The highest BCUT2D eigenvalue weighted by atomic mass is 19.4. The van der Waals surface area contributed by atoms with Crippen molar-refractivity contribution in [1.82, 2.24) is 5.32 Å². The SMILES string of the molecule is COC[C@H]1O[C@H](O[C@@H]2[C@@H](OC)[C@H](C[C@H]3O[C@H](CN)[C@@H](OC)[C@H](OC)[C@H]3OC)[C@@H](N)C[C@H]2NC(=O)[C@H](CCN)OC)[C@H](OC)[C@@H](N)[C@@H]1OC.O=C(O)C(F)(F)F. The number of nitrogens with two attached hydrogens (primary N) is 4. The first kappa shape index (κ1) is 49.3. The minimum Gasteiger partial charge on any atom is -0.475 e. The minimum absolute atomic E-state index is 0.200. The zero-order chi connectivity index (χ0) is 41.6. The van der Waals surface area contributed by atoms with E-state index in [4.69, 9.17) is 84.9 Å². The molecule has 3 aliphatic rings. The monoisotopic (exact) mass is 809 g/mol. The van der Waals surface area contributed by atoms with Gasteiger partial charge in [0.05, 0.1) is 37.0 Å². The fourth-order valence-corrected chi connectivity index (χ4v) is 7.59. The Balaban J connectivity index is 0.00000136. The quantitative estimate of drug-likeness (QED) is 0.0883. The molecule has 0 bridgehead atoms. The van der Waals surface area contributed by atoms with Crippen molar-refractivity contribution >= 4 is 11.9 Å². The van der Waals surface area contributed by atoms with Crippen molar-refractivity contribution in [2.45, 2.75) is 117 Å². The molecule has 16 atom stereocenters. The first-order valence-corrected chi connectivity index (χ1v) is 17.7. The number of hydrogen-bond donors (Lipinski definition) is 6. The molecule has 0 unspecified atom stereocenters. The molecule has 22 heteroatoms. The van der Waals surface area contributed by atoms with Gasteiger partial charge in [-0.15, -0.1) is 0 Å². The summed E-state index contributed by atoms with van der Waals surface area (Å²) in [5.41, 5.74) is 25.4. The Kier molecular flexibility index (Phi) is 21.1. The van der Waals surface area contributed by atoms with E-state index in [1.165, 1.54) is 14.2 Å². The zero-order valence-electron chi connectivity index (χ0n) is 32.7. The maximum atomic E-state index is 13.4. The summed E-state index contributed by atoms with van der Waals surface area (Å²) in [5.74, 6) is -3.45. The van der Waals surface area contributed by atoms with Crippen LogP contribution < -0.4 is 28.3 Å². The van der Waals surface area contributed by atoms with Gasteiger partial charge in [-0.2, -0.15) is 13.2 Å². The van der Waals surface area contributed by atoms with Crippen LogP contribution in [0.5, 0.6) is 0 Å². The number of carbonyl (C=O) groups is 2. The van der Waals surface area contributed by atoms with Crippen LogP contribution in [0.1, 0.15) is 19.3 Å². The molecule has 0 aromatic heterocycles. The van der Waals surface area contributed by atoms with Gasteiger partial charge >= 0.3 is 12.1 Å². The van der Waals surface area contributed by atoms with Gasteiger partial charge in [0.25, 0.3) is 0 Å². The van der Waals surface area contributed by atoms with E-state index in [1.807, 2.05) is 0 Å². The molecule has 3 rings (SSSR count). The molecule has 0 spiro atoms. The van der Waals surface area contributed by atoms with E-state index in [2.05, 4.69) is 5.32 Å². The number of nitrogens with one attached hydrogen (secondary N) is 1. The fraction of sp³-hybridized carbons (Fsp3) is 0.939. The predicted molar refractivity (Wildman–Crippen MR) is 187 cm³/mol. The summed E-state index contributed by atoms with van der Waals surface area (Å²) in [6.07, 6.45) is -11.3. The van der Waals surface area contributed by atoms with Gasteiger partial charge in [-0.05, 0) is 25.8 Å². The van der Waals surface area contributed by atoms with E-state index in [-0.39, 0.29) is 31.5 Å². The van der Waals surface area contributed by atoms with Crippen molar-refractivity contribution in [1.29, 1.82) is 0 Å². The molecular weight excluding hydrogens is 747 g/mol. The predicted octanol–water partition coefficient (Wildman–Crippen LogP) is -1.89. The number of carboxylic acid groups (broad SMARTS) is 1. The van der Waals surface area contributed by atoms with Crippen LogP contribution in [-0.2, 0) is 61.7 Å². The number of hydrogen-bond acceptors (Lipinski definition) is 17. The second-order valence-electron chi connectivity index (χ2n) is 13.3. The molecule has 324 valence electrons. The average molecular weight is 810 g/mol. The van der Waals surface area contributed by atoms with Crippen molar-refractivity contribution in [2.75, 3.05) is 76.6 Å². The van der Waals surface area contributed by atoms with E-state index in [1.54, 1.807) is 42.7 Å². The maximum absolute atomic E-state index is 13.4. The Labute approximate surface area is 319 Å². The summed E-state index contributed by atoms with van der Waals surface area (Å²) < 4.78 is 97.3. The Morgan fingerprint density at radius 3 is 1.78 bits per heavy atom. The number of amides is 1. The molecule has 1 saturated carbocycles. The molecule has 2 aliphatic heterocycles. The van der Waals surface area contributed by atoms with Gasteiger partial charge in [0, 0.05) is 75.4 Å². The first-order chi connectivity index (χ1) is 26.1. The summed E-state index contributed by atoms with van der Waals surface area (Å²) in [4.78, 5) is 22.3. The highest BCUT2D eigenvalue weighted by Gasteiger charge is 2.54. The molecule has 1 aliphatic carbocycles. The molecular formula is C33H62F3N5O14. The van der Waals surface area contributed by atoms with Crippen molar-refractivity contribution in [3.05, 3.63) is 0 Å². The third-order valence-electron chi connectivity index (χ3n) is 10.2. The summed E-state index contributed by atoms with van der Waals surface area (Å²) in [6.45, 7) is 0.676. The van der Waals surface area contributed by atoms with Gasteiger partial charge in [-0.25, -0.2) is 4.79 Å². The van der Waals surface area contributed by atoms with Crippen molar-refractivity contribution in [3.63, 3.8) is 0 Å². The molecule has 10 N–H and O–H groups in total. The van der Waals surface area contributed by atoms with Crippen molar-refractivity contribution in [3.8, 4) is 0 Å². The molecule has 2 saturated heterocycles. The van der Waals surface area contributed by atoms with Gasteiger partial charge in [0.1, 0.15) is 48.8 Å². The third-order valence-corrected chi connectivity index (χ3v) is 10.2. The number of halogens is 3. The zero-order valence-corrected chi connectivity index (χ0v) is 32.7. The van der Waals surface area contributed by atoms with Gasteiger partial charge in [0.2, 0.25) is 5.91 Å². The summed E-state index contributed by atoms with van der Waals surface area (Å²) in [5, 5.41) is 10.2. The van der Waals surface area contributed by atoms with Crippen LogP contribution in [0.25, 0.3) is 0 Å². The highest BCUT2D eigenvalue weighted by Crippen LogP contribution is 2.38. The second kappa shape index (κ2) is 23.5. The molecule has 55 heavy (non-hydrogen) atoms. The number of ether oxygens (including phenoxy) is 11. The van der Waals surface area contributed by atoms with Crippen LogP contribution in [-0.4, -0.2) is 191 Å². The van der Waals surface area contributed by atoms with E-state index < -0.39 is 104 Å². The maximum Gasteiger partial charge on any atom is 0.490 e. The molecule has 3 fully saturated rings. The van der Waals surface area contributed by atoms with E-state index >= 15 is 0 Å². The lowest BCUT2D eigenvalue weighted by atomic mass is 9.73. The average Bonchev–Trinajstić information content (AvgIpc) is 3.14. The number of methoxy groups -OCH3 is 8. The molecule has 0 aromatic carbocycles. The molecule has 19 nitrogen and oxygen atoms in total. The Hall–Kier alpha value is -1.87. The smallest absolute Gasteiger partial charge is 0.475 e. The van der Waals surface area contributed by atoms with Gasteiger partial charge in [-0.3, -0.25) is 4.79 Å². The largest absolute Gasteiger partial charge is 0.490 e. The molecule has 0 radical (unpaired) electrons. The van der Waals surface area contributed by atoms with E-state index in [9.17, 15) is 18.0 Å². The van der Waals surface area contributed by atoms with Crippen LogP contribution in [0.2, 0.25) is 0 Å². The van der Waals surface area contributed by atoms with Crippen LogP contribution >= 0.6 is 0 Å². The number of aliphatic carboxylic acids is 1. The lowest BCUT2D eigenvalue weighted by Gasteiger charge is -2.51. The van der Waals surface area contributed by atoms with Crippen LogP contribution in [0.15, 0.2) is 0 Å². The number of carboxylic acids is 1. The first-order valence-electron chi connectivity index (χ1n) is 17.7. The summed E-state index contributed by atoms with van der Waals surface area (Å²) >= 11 is 0. The van der Waals surface area contributed by atoms with Crippen molar-refractivity contribution in [2.24, 2.45) is 28.9 Å². The molecule has 2 heterocycles. The second-order valence-corrected chi connectivity index (χ2v) is 13.3. The Morgan fingerprint density at radius 2 is 1.33 bits per heavy atom. The third kappa shape index (κ3) is 12.6. The topological polar surface area (TPSA) is 272 Å². The number of alkyl halides is 3. The Bertz CT molecular complexity index is 1140. The van der Waals surface area contributed by atoms with Crippen molar-refractivity contribution < 1.29 is 80.0 Å². The molecule has 1 amide bonds. The standard InChI is InChI=1S/C31H61N5O12.C2HF3O2/c1-38-14-21-25(41-4)22(35)28(44-7)31(47-21)48-24-17(36-30(37)18(39-2)9-10-32)12-16(34)15(23(24)40-3)11-19-26(42-5)29(45-8)27(43-6)20(13-33)46-19;3-2(4,5)1(6)7/h15-29,31H,9-14,32-35H2,1-8H3,(H,36,37);(H,6,7)/t15-,16+,17-,18+,19-,20-,21-,22+,23+,24+,25-,26+,27-,28-,29-,31-;/m1./s1. The fourth-order valence-electron chi connectivity index (χ4n) is 7.59. The summed E-state index contributed by atoms with van der Waals surface area (Å²) in [7, 11) is 12.5. The lowest BCUT2D eigenvalue weighted by Crippen LogP contribution is -2.68. The number of rotatable bonds is 18. The molecule has 0 aromatic rings. The van der Waals surface area contributed by atoms with E-state index in [0.717, 1.165) is 0 Å². The lowest BCUT2D eigenvalue weighted by molar-refractivity contribution is -0.312. The normalized spacial score (nSPS) is 37.4. The van der Waals surface area contributed by atoms with Crippen LogP contribution in [0.4, 0.5) is 13.2 Å². The van der Waals surface area contributed by atoms with Crippen LogP contribution in [0, 0.1) is 5.92 Å². The van der Waals surface area contributed by atoms with E-state index in [0.29, 0.717) is 19.3 Å². The minimum atomic E-state index is -5.08. The summed E-state index contributed by atoms with van der Waals surface area (Å²) in [6, 6.07) is -1.70. The Morgan fingerprint density at radius 1 is 0.782 bits per heavy atom. The van der Waals surface area contributed by atoms with Gasteiger partial charge in [0.15, 0.2) is 6.29 Å². The van der Waals surface area contributed by atoms with Crippen LogP contribution in [0.3, 0.4) is 0 Å². The number of carbonyl (C=O) groups excluding carboxylic acids is 1.